The van der Waals surface area contributed by atoms with E-state index in [9.17, 15) is 14.0 Å². The van der Waals surface area contributed by atoms with Gasteiger partial charge < -0.3 is 14.8 Å². The molecule has 144 valence electrons. The molecule has 1 aromatic carbocycles. The van der Waals surface area contributed by atoms with Crippen molar-refractivity contribution in [2.45, 2.75) is 6.04 Å². The number of hydrogen-bond donors (Lipinski definition) is 1. The maximum absolute atomic E-state index is 13.3. The van der Waals surface area contributed by atoms with Gasteiger partial charge in [0.2, 0.25) is 0 Å². The second-order valence-electron chi connectivity index (χ2n) is 6.08. The molecule has 6 nitrogen and oxygen atoms in total. The van der Waals surface area contributed by atoms with E-state index >= 15 is 0 Å². The van der Waals surface area contributed by atoms with Gasteiger partial charge in [0.1, 0.15) is 10.7 Å². The summed E-state index contributed by atoms with van der Waals surface area (Å²) in [7, 11) is 1.30. The van der Waals surface area contributed by atoms with Crippen LogP contribution in [0.25, 0.3) is 0 Å². The van der Waals surface area contributed by atoms with Gasteiger partial charge in [-0.15, -0.1) is 11.3 Å². The van der Waals surface area contributed by atoms with Crippen LogP contribution in [0, 0.1) is 5.82 Å². The predicted molar refractivity (Wildman–Crippen MR) is 99.5 cm³/mol. The van der Waals surface area contributed by atoms with Gasteiger partial charge in [-0.1, -0.05) is 12.1 Å². The second kappa shape index (κ2) is 9.07. The fourth-order valence-electron chi connectivity index (χ4n) is 2.98. The molecule has 0 bridgehead atoms. The summed E-state index contributed by atoms with van der Waals surface area (Å²) >= 11 is 1.09. The van der Waals surface area contributed by atoms with E-state index in [1.165, 1.54) is 19.2 Å². The fourth-order valence-corrected chi connectivity index (χ4v) is 3.82. The molecule has 2 aromatic rings. The van der Waals surface area contributed by atoms with Gasteiger partial charge in [-0.3, -0.25) is 9.69 Å². The molecular formula is C19H21FN2O4S. The molecule has 1 N–H and O–H groups in total. The summed E-state index contributed by atoms with van der Waals surface area (Å²) < 4.78 is 23.4. The number of thiophene rings is 1. The fraction of sp³-hybridized carbons (Fsp3) is 0.368. The van der Waals surface area contributed by atoms with Gasteiger partial charge in [-0.05, 0) is 29.8 Å². The van der Waals surface area contributed by atoms with Crippen molar-refractivity contribution in [3.8, 4) is 0 Å². The third kappa shape index (κ3) is 4.91. The zero-order valence-electron chi connectivity index (χ0n) is 14.9. The highest BCUT2D eigenvalue weighted by atomic mass is 32.1. The Morgan fingerprint density at radius 1 is 1.19 bits per heavy atom. The Balaban J connectivity index is 1.70. The molecule has 1 unspecified atom stereocenters. The number of nitrogens with one attached hydrogen (secondary N) is 1. The van der Waals surface area contributed by atoms with Gasteiger partial charge in [0.05, 0.1) is 31.2 Å². The molecule has 8 heteroatoms. The van der Waals surface area contributed by atoms with Crippen molar-refractivity contribution in [3.05, 3.63) is 57.5 Å². The topological polar surface area (TPSA) is 67.9 Å². The quantitative estimate of drug-likeness (QED) is 0.765. The van der Waals surface area contributed by atoms with Crippen LogP contribution < -0.4 is 5.32 Å². The number of esters is 1. The van der Waals surface area contributed by atoms with E-state index in [0.717, 1.165) is 30.0 Å². The van der Waals surface area contributed by atoms with E-state index in [2.05, 4.69) is 15.0 Å². The lowest BCUT2D eigenvalue weighted by Gasteiger charge is -2.34. The number of nitrogens with zero attached hydrogens (tertiary/aromatic N) is 1. The van der Waals surface area contributed by atoms with Crippen molar-refractivity contribution in [2.24, 2.45) is 0 Å². The number of halogens is 1. The first-order chi connectivity index (χ1) is 13.1. The van der Waals surface area contributed by atoms with Crippen molar-refractivity contribution >= 4 is 23.2 Å². The molecule has 1 aliphatic rings. The number of ether oxygens (including phenoxy) is 2. The number of hydrogen-bond acceptors (Lipinski definition) is 6. The number of benzene rings is 1. The minimum atomic E-state index is -0.462. The van der Waals surface area contributed by atoms with Gasteiger partial charge in [0.25, 0.3) is 5.91 Å². The molecule has 2 heterocycles. The average Bonchev–Trinajstić information content (AvgIpc) is 3.20. The van der Waals surface area contributed by atoms with Crippen LogP contribution in [0.1, 0.15) is 30.9 Å². The lowest BCUT2D eigenvalue weighted by molar-refractivity contribution is 0.0162. The van der Waals surface area contributed by atoms with E-state index in [1.54, 1.807) is 24.3 Å². The van der Waals surface area contributed by atoms with Crippen molar-refractivity contribution in [3.63, 3.8) is 0 Å². The lowest BCUT2D eigenvalue weighted by atomic mass is 10.0. The largest absolute Gasteiger partial charge is 0.465 e. The van der Waals surface area contributed by atoms with Gasteiger partial charge in [-0.25, -0.2) is 9.18 Å². The number of carbonyl (C=O) groups excluding carboxylic acids is 2. The van der Waals surface area contributed by atoms with Crippen LogP contribution in [0.3, 0.4) is 0 Å². The summed E-state index contributed by atoms with van der Waals surface area (Å²) in [5.74, 6) is -1.01. The minimum Gasteiger partial charge on any atom is -0.465 e. The first kappa shape index (κ1) is 19.5. The first-order valence-electron chi connectivity index (χ1n) is 8.62. The van der Waals surface area contributed by atoms with E-state index in [4.69, 9.17) is 4.74 Å². The van der Waals surface area contributed by atoms with Crippen LogP contribution in [-0.4, -0.2) is 56.7 Å². The molecule has 1 atom stereocenters. The van der Waals surface area contributed by atoms with Crippen molar-refractivity contribution in [2.75, 3.05) is 40.0 Å². The van der Waals surface area contributed by atoms with Crippen LogP contribution in [0.4, 0.5) is 4.39 Å². The SMILES string of the molecule is COC(=O)c1ccc(C(=O)NCC(c2ccc(F)cc2)N2CCOCC2)s1. The molecule has 3 rings (SSSR count). The maximum Gasteiger partial charge on any atom is 0.348 e. The smallest absolute Gasteiger partial charge is 0.348 e. The summed E-state index contributed by atoms with van der Waals surface area (Å²) in [6.07, 6.45) is 0. The van der Waals surface area contributed by atoms with E-state index in [0.29, 0.717) is 29.5 Å². The van der Waals surface area contributed by atoms with E-state index in [-0.39, 0.29) is 17.8 Å². The number of carbonyl (C=O) groups is 2. The van der Waals surface area contributed by atoms with E-state index in [1.807, 2.05) is 0 Å². The molecule has 1 amide bonds. The standard InChI is InChI=1S/C19H21FN2O4S/c1-25-19(24)17-7-6-16(27-17)18(23)21-12-15(22-8-10-26-11-9-22)13-2-4-14(20)5-3-13/h2-7,15H,8-12H2,1H3,(H,21,23). The summed E-state index contributed by atoms with van der Waals surface area (Å²) in [5.41, 5.74) is 0.931. The number of amides is 1. The zero-order valence-corrected chi connectivity index (χ0v) is 15.8. The Hall–Kier alpha value is -2.29. The Bertz CT molecular complexity index is 787. The summed E-state index contributed by atoms with van der Waals surface area (Å²) in [4.78, 5) is 27.1. The molecule has 1 saturated heterocycles. The van der Waals surface area contributed by atoms with Gasteiger partial charge in [-0.2, -0.15) is 0 Å². The highest BCUT2D eigenvalue weighted by molar-refractivity contribution is 7.15. The molecule has 0 radical (unpaired) electrons. The van der Waals surface area contributed by atoms with Crippen molar-refractivity contribution in [1.29, 1.82) is 0 Å². The Morgan fingerprint density at radius 2 is 1.85 bits per heavy atom. The number of rotatable bonds is 6. The van der Waals surface area contributed by atoms with Crippen molar-refractivity contribution < 1.29 is 23.5 Å². The minimum absolute atomic E-state index is 0.0847. The molecule has 1 aromatic heterocycles. The molecule has 0 saturated carbocycles. The summed E-state index contributed by atoms with van der Waals surface area (Å²) in [6, 6.07) is 9.42. The van der Waals surface area contributed by atoms with Gasteiger partial charge in [0, 0.05) is 19.6 Å². The molecule has 0 aliphatic carbocycles. The molecule has 27 heavy (non-hydrogen) atoms. The molecular weight excluding hydrogens is 371 g/mol. The van der Waals surface area contributed by atoms with Crippen LogP contribution in [-0.2, 0) is 9.47 Å². The second-order valence-corrected chi connectivity index (χ2v) is 7.16. The molecule has 1 fully saturated rings. The highest BCUT2D eigenvalue weighted by Crippen LogP contribution is 2.22. The number of morpholine rings is 1. The Kier molecular flexibility index (Phi) is 6.54. The Morgan fingerprint density at radius 3 is 2.52 bits per heavy atom. The third-order valence-corrected chi connectivity index (χ3v) is 5.48. The molecule has 0 spiro atoms. The van der Waals surface area contributed by atoms with E-state index < -0.39 is 5.97 Å². The number of methoxy groups -OCH3 is 1. The Labute approximate surface area is 160 Å². The predicted octanol–water partition coefficient (Wildman–Crippen LogP) is 2.48. The van der Waals surface area contributed by atoms with Crippen LogP contribution in [0.15, 0.2) is 36.4 Å². The first-order valence-corrected chi connectivity index (χ1v) is 9.43. The lowest BCUT2D eigenvalue weighted by Crippen LogP contribution is -2.43. The van der Waals surface area contributed by atoms with Gasteiger partial charge >= 0.3 is 5.97 Å². The average molecular weight is 392 g/mol. The van der Waals surface area contributed by atoms with Crippen LogP contribution >= 0.6 is 11.3 Å². The highest BCUT2D eigenvalue weighted by Gasteiger charge is 2.24. The van der Waals surface area contributed by atoms with Crippen LogP contribution in [0.2, 0.25) is 0 Å². The third-order valence-electron chi connectivity index (χ3n) is 4.41. The van der Waals surface area contributed by atoms with Crippen LogP contribution in [0.5, 0.6) is 0 Å². The summed E-state index contributed by atoms with van der Waals surface area (Å²) in [6.45, 7) is 3.10. The maximum atomic E-state index is 13.3. The zero-order chi connectivity index (χ0) is 19.2. The molecule has 1 aliphatic heterocycles. The van der Waals surface area contributed by atoms with Gasteiger partial charge in [0.15, 0.2) is 0 Å². The monoisotopic (exact) mass is 392 g/mol. The van der Waals surface area contributed by atoms with Crippen molar-refractivity contribution in [1.82, 2.24) is 10.2 Å². The summed E-state index contributed by atoms with van der Waals surface area (Å²) in [5, 5.41) is 2.92. The normalized spacial score (nSPS) is 15.9.